The van der Waals surface area contributed by atoms with E-state index in [0.29, 0.717) is 6.04 Å². The first-order chi connectivity index (χ1) is 7.13. The van der Waals surface area contributed by atoms with Crippen LogP contribution >= 0.6 is 0 Å². The Morgan fingerprint density at radius 1 is 1.07 bits per heavy atom. The summed E-state index contributed by atoms with van der Waals surface area (Å²) >= 11 is 0. The van der Waals surface area contributed by atoms with Crippen molar-refractivity contribution in [2.75, 3.05) is 39.3 Å². The smallest absolute Gasteiger partial charge is 0.0191 e. The Bertz CT molecular complexity index is 162. The molecule has 90 valence electrons. The Morgan fingerprint density at radius 3 is 2.13 bits per heavy atom. The standard InChI is InChI=1S/C12H27N3/c1-11(2)4-5-14-6-8-15(9-7-14)12(3)10-13/h11-12H,4-10,13H2,1-3H3. The van der Waals surface area contributed by atoms with Gasteiger partial charge < -0.3 is 10.6 Å². The van der Waals surface area contributed by atoms with E-state index in [2.05, 4.69) is 30.6 Å². The second kappa shape index (κ2) is 6.46. The van der Waals surface area contributed by atoms with E-state index < -0.39 is 0 Å². The molecule has 0 aromatic rings. The maximum atomic E-state index is 5.68. The van der Waals surface area contributed by atoms with Crippen molar-refractivity contribution in [1.82, 2.24) is 9.80 Å². The Labute approximate surface area is 94.6 Å². The van der Waals surface area contributed by atoms with Crippen LogP contribution in [0.3, 0.4) is 0 Å². The molecule has 0 aromatic heterocycles. The SMILES string of the molecule is CC(C)CCN1CCN(C(C)CN)CC1. The topological polar surface area (TPSA) is 32.5 Å². The molecule has 0 spiro atoms. The summed E-state index contributed by atoms with van der Waals surface area (Å²) in [5.41, 5.74) is 5.68. The summed E-state index contributed by atoms with van der Waals surface area (Å²) in [7, 11) is 0. The van der Waals surface area contributed by atoms with E-state index in [1.807, 2.05) is 0 Å². The Morgan fingerprint density at radius 2 is 1.67 bits per heavy atom. The van der Waals surface area contributed by atoms with Gasteiger partial charge in [0.15, 0.2) is 0 Å². The third kappa shape index (κ3) is 4.49. The van der Waals surface area contributed by atoms with Gasteiger partial charge in [-0.2, -0.15) is 0 Å². The lowest BCUT2D eigenvalue weighted by Gasteiger charge is -2.37. The maximum Gasteiger partial charge on any atom is 0.0191 e. The molecule has 1 fully saturated rings. The van der Waals surface area contributed by atoms with Gasteiger partial charge in [-0.05, 0) is 25.8 Å². The van der Waals surface area contributed by atoms with Crippen LogP contribution in [0.15, 0.2) is 0 Å². The zero-order valence-electron chi connectivity index (χ0n) is 10.6. The van der Waals surface area contributed by atoms with Crippen LogP contribution in [0.5, 0.6) is 0 Å². The average molecular weight is 213 g/mol. The van der Waals surface area contributed by atoms with Gasteiger partial charge in [-0.25, -0.2) is 0 Å². The minimum atomic E-state index is 0.553. The maximum absolute atomic E-state index is 5.68. The molecule has 15 heavy (non-hydrogen) atoms. The van der Waals surface area contributed by atoms with E-state index in [1.165, 1.54) is 39.1 Å². The Hall–Kier alpha value is -0.120. The van der Waals surface area contributed by atoms with Crippen LogP contribution in [0.1, 0.15) is 27.2 Å². The average Bonchev–Trinajstić information content (AvgIpc) is 2.26. The van der Waals surface area contributed by atoms with Crippen molar-refractivity contribution in [3.05, 3.63) is 0 Å². The van der Waals surface area contributed by atoms with E-state index in [0.717, 1.165) is 12.5 Å². The van der Waals surface area contributed by atoms with Gasteiger partial charge in [0.2, 0.25) is 0 Å². The van der Waals surface area contributed by atoms with Crippen molar-refractivity contribution in [2.45, 2.75) is 33.2 Å². The number of hydrogen-bond donors (Lipinski definition) is 1. The van der Waals surface area contributed by atoms with Gasteiger partial charge in [0.05, 0.1) is 0 Å². The van der Waals surface area contributed by atoms with Crippen molar-refractivity contribution < 1.29 is 0 Å². The minimum Gasteiger partial charge on any atom is -0.329 e. The molecule has 0 aliphatic carbocycles. The molecule has 1 heterocycles. The number of nitrogens with two attached hydrogens (primary N) is 1. The predicted octanol–water partition coefficient (Wildman–Crippen LogP) is 0.997. The first kappa shape index (κ1) is 12.9. The van der Waals surface area contributed by atoms with Crippen LogP contribution in [-0.2, 0) is 0 Å². The van der Waals surface area contributed by atoms with Crippen LogP contribution in [0.2, 0.25) is 0 Å². The Kier molecular flexibility index (Phi) is 5.58. The zero-order chi connectivity index (χ0) is 11.3. The second-order valence-corrected chi connectivity index (χ2v) is 5.14. The predicted molar refractivity (Wildman–Crippen MR) is 66.0 cm³/mol. The van der Waals surface area contributed by atoms with Gasteiger partial charge in [0, 0.05) is 38.8 Å². The largest absolute Gasteiger partial charge is 0.329 e. The van der Waals surface area contributed by atoms with Gasteiger partial charge in [-0.15, -0.1) is 0 Å². The minimum absolute atomic E-state index is 0.553. The van der Waals surface area contributed by atoms with Crippen LogP contribution < -0.4 is 5.73 Å². The van der Waals surface area contributed by atoms with E-state index in [9.17, 15) is 0 Å². The highest BCUT2D eigenvalue weighted by molar-refractivity contribution is 4.76. The van der Waals surface area contributed by atoms with E-state index in [1.54, 1.807) is 0 Å². The third-order valence-corrected chi connectivity index (χ3v) is 3.39. The van der Waals surface area contributed by atoms with Gasteiger partial charge in [0.1, 0.15) is 0 Å². The molecule has 0 bridgehead atoms. The van der Waals surface area contributed by atoms with Crippen LogP contribution in [0.4, 0.5) is 0 Å². The molecular formula is C12H27N3. The second-order valence-electron chi connectivity index (χ2n) is 5.14. The lowest BCUT2D eigenvalue weighted by Crippen LogP contribution is -2.51. The van der Waals surface area contributed by atoms with E-state index >= 15 is 0 Å². The van der Waals surface area contributed by atoms with Crippen molar-refractivity contribution in [3.8, 4) is 0 Å². The van der Waals surface area contributed by atoms with Crippen LogP contribution in [0.25, 0.3) is 0 Å². The van der Waals surface area contributed by atoms with Crippen molar-refractivity contribution in [1.29, 1.82) is 0 Å². The number of piperazine rings is 1. The molecule has 1 atom stereocenters. The summed E-state index contributed by atoms with van der Waals surface area (Å²) in [5, 5.41) is 0. The molecular weight excluding hydrogens is 186 g/mol. The first-order valence-corrected chi connectivity index (χ1v) is 6.30. The molecule has 3 nitrogen and oxygen atoms in total. The van der Waals surface area contributed by atoms with Gasteiger partial charge in [0.25, 0.3) is 0 Å². The van der Waals surface area contributed by atoms with E-state index in [4.69, 9.17) is 5.73 Å². The number of rotatable bonds is 5. The molecule has 1 unspecified atom stereocenters. The molecule has 0 saturated carbocycles. The molecule has 3 heteroatoms. The highest BCUT2D eigenvalue weighted by atomic mass is 15.3. The van der Waals surface area contributed by atoms with Crippen molar-refractivity contribution in [3.63, 3.8) is 0 Å². The fraction of sp³-hybridized carbons (Fsp3) is 1.00. The summed E-state index contributed by atoms with van der Waals surface area (Å²) in [4.78, 5) is 5.09. The third-order valence-electron chi connectivity index (χ3n) is 3.39. The molecule has 1 rings (SSSR count). The van der Waals surface area contributed by atoms with Crippen LogP contribution in [0, 0.1) is 5.92 Å². The van der Waals surface area contributed by atoms with Crippen molar-refractivity contribution in [2.24, 2.45) is 11.7 Å². The first-order valence-electron chi connectivity index (χ1n) is 6.30. The summed E-state index contributed by atoms with van der Waals surface area (Å²) in [5.74, 6) is 0.825. The molecule has 0 radical (unpaired) electrons. The van der Waals surface area contributed by atoms with Crippen LogP contribution in [-0.4, -0.2) is 55.1 Å². The normalized spacial score (nSPS) is 22.2. The fourth-order valence-electron chi connectivity index (χ4n) is 2.02. The summed E-state index contributed by atoms with van der Waals surface area (Å²) in [6.07, 6.45) is 1.33. The monoisotopic (exact) mass is 213 g/mol. The zero-order valence-corrected chi connectivity index (χ0v) is 10.6. The molecule has 1 aliphatic heterocycles. The lowest BCUT2D eigenvalue weighted by atomic mass is 10.1. The number of nitrogens with zero attached hydrogens (tertiary/aromatic N) is 2. The molecule has 1 aliphatic rings. The lowest BCUT2D eigenvalue weighted by molar-refractivity contribution is 0.102. The summed E-state index contributed by atoms with van der Waals surface area (Å²) in [6, 6.07) is 0.553. The summed E-state index contributed by atoms with van der Waals surface area (Å²) in [6.45, 7) is 13.7. The van der Waals surface area contributed by atoms with Gasteiger partial charge >= 0.3 is 0 Å². The summed E-state index contributed by atoms with van der Waals surface area (Å²) < 4.78 is 0. The fourth-order valence-corrected chi connectivity index (χ4v) is 2.02. The highest BCUT2D eigenvalue weighted by Gasteiger charge is 2.19. The number of hydrogen-bond acceptors (Lipinski definition) is 3. The quantitative estimate of drug-likeness (QED) is 0.739. The van der Waals surface area contributed by atoms with E-state index in [-0.39, 0.29) is 0 Å². The van der Waals surface area contributed by atoms with Gasteiger partial charge in [-0.1, -0.05) is 13.8 Å². The Balaban J connectivity index is 2.18. The molecule has 0 aromatic carbocycles. The molecule has 2 N–H and O–H groups in total. The highest BCUT2D eigenvalue weighted by Crippen LogP contribution is 2.08. The van der Waals surface area contributed by atoms with Gasteiger partial charge in [-0.3, -0.25) is 4.90 Å². The molecule has 0 amide bonds. The molecule has 1 saturated heterocycles. The van der Waals surface area contributed by atoms with Crippen molar-refractivity contribution >= 4 is 0 Å².